The van der Waals surface area contributed by atoms with Crippen molar-refractivity contribution < 1.29 is 9.66 Å². The minimum absolute atomic E-state index is 0.0133. The van der Waals surface area contributed by atoms with Crippen molar-refractivity contribution in [3.8, 4) is 5.75 Å². The number of halogens is 2. The van der Waals surface area contributed by atoms with Crippen LogP contribution < -0.4 is 10.1 Å². The van der Waals surface area contributed by atoms with Crippen LogP contribution in [0.3, 0.4) is 0 Å². The lowest BCUT2D eigenvalue weighted by atomic mass is 10.2. The molecule has 0 aromatic heterocycles. The Morgan fingerprint density at radius 2 is 1.86 bits per heavy atom. The van der Waals surface area contributed by atoms with Gasteiger partial charge < -0.3 is 10.1 Å². The van der Waals surface area contributed by atoms with Gasteiger partial charge in [-0.3, -0.25) is 10.1 Å². The number of alkyl halides is 2. The summed E-state index contributed by atoms with van der Waals surface area (Å²) in [6.07, 6.45) is 3.95. The number of ether oxygens (including phenoxy) is 1. The molecule has 0 amide bonds. The fourth-order valence-electron chi connectivity index (χ4n) is 1.72. The summed E-state index contributed by atoms with van der Waals surface area (Å²) in [7, 11) is 0. The van der Waals surface area contributed by atoms with Crippen LogP contribution in [0.15, 0.2) is 18.2 Å². The average Bonchev–Trinajstić information content (AvgIpc) is 2.48. The summed E-state index contributed by atoms with van der Waals surface area (Å²) in [6, 6.07) is 5.02. The molecular formula is C14H20Br2N2O3. The molecule has 0 saturated carbocycles. The Morgan fingerprint density at radius 3 is 2.52 bits per heavy atom. The number of nitro benzene ring substituents is 1. The second kappa shape index (κ2) is 10.8. The van der Waals surface area contributed by atoms with Gasteiger partial charge in [0.05, 0.1) is 11.5 Å². The summed E-state index contributed by atoms with van der Waals surface area (Å²) in [4.78, 5) is 10.7. The SMILES string of the molecule is O=[N+]([O-])c1cc(NCCCCBr)ccc1OCCCCBr. The van der Waals surface area contributed by atoms with Gasteiger partial charge in [-0.15, -0.1) is 0 Å². The number of nitrogens with zero attached hydrogens (tertiary/aromatic N) is 1. The molecule has 1 aromatic carbocycles. The van der Waals surface area contributed by atoms with E-state index >= 15 is 0 Å². The number of nitrogens with one attached hydrogen (secondary N) is 1. The van der Waals surface area contributed by atoms with E-state index < -0.39 is 4.92 Å². The highest BCUT2D eigenvalue weighted by Gasteiger charge is 2.15. The molecule has 1 N–H and O–H groups in total. The van der Waals surface area contributed by atoms with Crippen molar-refractivity contribution in [2.75, 3.05) is 29.1 Å². The maximum absolute atomic E-state index is 11.1. The molecule has 0 aliphatic heterocycles. The van der Waals surface area contributed by atoms with Gasteiger partial charge in [-0.25, -0.2) is 0 Å². The Morgan fingerprint density at radius 1 is 1.14 bits per heavy atom. The normalized spacial score (nSPS) is 10.4. The van der Waals surface area contributed by atoms with Crippen LogP contribution in [-0.2, 0) is 0 Å². The third kappa shape index (κ3) is 7.13. The van der Waals surface area contributed by atoms with Crippen molar-refractivity contribution in [2.24, 2.45) is 0 Å². The van der Waals surface area contributed by atoms with E-state index in [2.05, 4.69) is 37.2 Å². The number of unbranched alkanes of at least 4 members (excludes halogenated alkanes) is 2. The van der Waals surface area contributed by atoms with Crippen LogP contribution >= 0.6 is 31.9 Å². The van der Waals surface area contributed by atoms with Crippen molar-refractivity contribution in [3.63, 3.8) is 0 Å². The topological polar surface area (TPSA) is 64.4 Å². The molecule has 0 spiro atoms. The third-order valence-electron chi connectivity index (χ3n) is 2.83. The summed E-state index contributed by atoms with van der Waals surface area (Å²) in [5, 5.41) is 16.2. The Hall–Kier alpha value is -0.820. The lowest BCUT2D eigenvalue weighted by Crippen LogP contribution is -2.04. The van der Waals surface area contributed by atoms with E-state index in [9.17, 15) is 10.1 Å². The Labute approximate surface area is 141 Å². The van der Waals surface area contributed by atoms with Crippen LogP contribution in [0.1, 0.15) is 25.7 Å². The number of benzene rings is 1. The maximum atomic E-state index is 11.1. The first kappa shape index (κ1) is 18.2. The van der Waals surface area contributed by atoms with Gasteiger partial charge >= 0.3 is 5.69 Å². The molecule has 0 unspecified atom stereocenters. The van der Waals surface area contributed by atoms with E-state index in [1.165, 1.54) is 6.07 Å². The fraction of sp³-hybridized carbons (Fsp3) is 0.571. The first-order valence-corrected chi connectivity index (χ1v) is 9.20. The van der Waals surface area contributed by atoms with E-state index in [1.54, 1.807) is 6.07 Å². The number of hydrogen-bond donors (Lipinski definition) is 1. The second-order valence-corrected chi connectivity index (χ2v) is 6.09. The Kier molecular flexibility index (Phi) is 9.41. The molecule has 0 aliphatic carbocycles. The Balaban J connectivity index is 2.61. The molecular weight excluding hydrogens is 404 g/mol. The minimum atomic E-state index is -0.399. The number of anilines is 1. The van der Waals surface area contributed by atoms with Gasteiger partial charge in [-0.05, 0) is 37.8 Å². The molecule has 0 saturated heterocycles. The molecule has 21 heavy (non-hydrogen) atoms. The minimum Gasteiger partial charge on any atom is -0.487 e. The summed E-state index contributed by atoms with van der Waals surface area (Å²) < 4.78 is 5.50. The molecule has 0 fully saturated rings. The molecule has 5 nitrogen and oxygen atoms in total. The number of hydrogen-bond acceptors (Lipinski definition) is 4. The predicted molar refractivity (Wildman–Crippen MR) is 93.1 cm³/mol. The number of nitro groups is 1. The number of rotatable bonds is 11. The lowest BCUT2D eigenvalue weighted by Gasteiger charge is -2.09. The van der Waals surface area contributed by atoms with Crippen molar-refractivity contribution in [1.82, 2.24) is 0 Å². The first-order valence-electron chi connectivity index (χ1n) is 6.96. The standard InChI is InChI=1S/C14H20Br2N2O3/c15-7-1-3-9-17-12-5-6-14(13(11-12)18(19)20)21-10-4-2-8-16/h5-6,11,17H,1-4,7-10H2. The third-order valence-corrected chi connectivity index (χ3v) is 3.95. The van der Waals surface area contributed by atoms with Gasteiger partial charge in [0.2, 0.25) is 0 Å². The molecule has 0 aliphatic rings. The smallest absolute Gasteiger partial charge is 0.312 e. The molecule has 7 heteroatoms. The molecule has 1 aromatic rings. The van der Waals surface area contributed by atoms with Gasteiger partial charge in [-0.1, -0.05) is 31.9 Å². The van der Waals surface area contributed by atoms with E-state index in [1.807, 2.05) is 6.07 Å². The summed E-state index contributed by atoms with van der Waals surface area (Å²) in [6.45, 7) is 1.29. The van der Waals surface area contributed by atoms with E-state index in [0.29, 0.717) is 12.4 Å². The zero-order chi connectivity index (χ0) is 15.5. The first-order chi connectivity index (χ1) is 10.2. The van der Waals surface area contributed by atoms with Crippen molar-refractivity contribution in [1.29, 1.82) is 0 Å². The van der Waals surface area contributed by atoms with Gasteiger partial charge in [0.25, 0.3) is 0 Å². The zero-order valence-electron chi connectivity index (χ0n) is 11.8. The fourth-order valence-corrected chi connectivity index (χ4v) is 2.52. The van der Waals surface area contributed by atoms with Crippen LogP contribution in [0.25, 0.3) is 0 Å². The van der Waals surface area contributed by atoms with Crippen molar-refractivity contribution >= 4 is 43.2 Å². The molecule has 1 rings (SSSR count). The highest BCUT2D eigenvalue weighted by molar-refractivity contribution is 9.09. The van der Waals surface area contributed by atoms with Crippen LogP contribution in [0, 0.1) is 10.1 Å². The van der Waals surface area contributed by atoms with Crippen LogP contribution in [0.2, 0.25) is 0 Å². The van der Waals surface area contributed by atoms with E-state index in [-0.39, 0.29) is 5.69 Å². The van der Waals surface area contributed by atoms with Gasteiger partial charge in [0.15, 0.2) is 5.75 Å². The largest absolute Gasteiger partial charge is 0.487 e. The zero-order valence-corrected chi connectivity index (χ0v) is 15.0. The summed E-state index contributed by atoms with van der Waals surface area (Å²) in [5.41, 5.74) is 0.767. The van der Waals surface area contributed by atoms with Crippen molar-refractivity contribution in [2.45, 2.75) is 25.7 Å². The van der Waals surface area contributed by atoms with Gasteiger partial charge in [-0.2, -0.15) is 0 Å². The van der Waals surface area contributed by atoms with E-state index in [4.69, 9.17) is 4.74 Å². The van der Waals surface area contributed by atoms with Crippen LogP contribution in [-0.4, -0.2) is 28.7 Å². The molecule has 0 heterocycles. The Bertz CT molecular complexity index is 444. The molecule has 0 bridgehead atoms. The highest BCUT2D eigenvalue weighted by atomic mass is 79.9. The maximum Gasteiger partial charge on any atom is 0.312 e. The van der Waals surface area contributed by atoms with Gasteiger partial charge in [0.1, 0.15) is 0 Å². The van der Waals surface area contributed by atoms with Crippen LogP contribution in [0.5, 0.6) is 5.75 Å². The molecule has 118 valence electrons. The lowest BCUT2D eigenvalue weighted by molar-refractivity contribution is -0.385. The molecule has 0 atom stereocenters. The quantitative estimate of drug-likeness (QED) is 0.241. The average molecular weight is 424 g/mol. The second-order valence-electron chi connectivity index (χ2n) is 4.51. The van der Waals surface area contributed by atoms with E-state index in [0.717, 1.165) is 48.6 Å². The monoisotopic (exact) mass is 422 g/mol. The highest BCUT2D eigenvalue weighted by Crippen LogP contribution is 2.30. The summed E-state index contributed by atoms with van der Waals surface area (Å²) in [5.74, 6) is 0.334. The van der Waals surface area contributed by atoms with Gasteiger partial charge in [0, 0.05) is 29.0 Å². The van der Waals surface area contributed by atoms with Crippen molar-refractivity contribution in [3.05, 3.63) is 28.3 Å². The summed E-state index contributed by atoms with van der Waals surface area (Å²) >= 11 is 6.72. The van der Waals surface area contributed by atoms with Crippen LogP contribution in [0.4, 0.5) is 11.4 Å². The predicted octanol–water partition coefficient (Wildman–Crippen LogP) is 4.74. The molecule has 0 radical (unpaired) electrons.